The first kappa shape index (κ1) is 28.5. The molecule has 6 rings (SSSR count). The Hall–Kier alpha value is -1.63. The monoisotopic (exact) mass is 562 g/mol. The maximum atomic E-state index is 12.4. The SMILES string of the molecule is CC12CCC(OC3OC(CO)C(O)C(O)C3O)C=C1CCC1C2CC(O)C2(C)C(c3ccc(=O)oc3)CCC12O. The number of ether oxygens (including phenoxy) is 2. The van der Waals surface area contributed by atoms with Crippen LogP contribution in [0.5, 0.6) is 0 Å². The highest BCUT2D eigenvalue weighted by atomic mass is 16.7. The number of aliphatic hydroxyl groups is 6. The Morgan fingerprint density at radius 2 is 1.77 bits per heavy atom. The predicted octanol–water partition coefficient (Wildman–Crippen LogP) is 0.957. The van der Waals surface area contributed by atoms with Crippen molar-refractivity contribution < 1.29 is 44.5 Å². The van der Waals surface area contributed by atoms with Crippen molar-refractivity contribution in [1.82, 2.24) is 0 Å². The molecule has 1 aromatic rings. The van der Waals surface area contributed by atoms with Gasteiger partial charge < -0.3 is 44.5 Å². The molecule has 222 valence electrons. The van der Waals surface area contributed by atoms with E-state index in [-0.39, 0.29) is 29.3 Å². The van der Waals surface area contributed by atoms with Crippen molar-refractivity contribution in [3.8, 4) is 0 Å². The quantitative estimate of drug-likeness (QED) is 0.291. The third kappa shape index (κ3) is 4.02. The van der Waals surface area contributed by atoms with E-state index < -0.39 is 60.1 Å². The third-order valence-corrected chi connectivity index (χ3v) is 11.6. The van der Waals surface area contributed by atoms with Crippen LogP contribution in [0.3, 0.4) is 0 Å². The zero-order chi connectivity index (χ0) is 28.6. The summed E-state index contributed by atoms with van der Waals surface area (Å²) >= 11 is 0. The van der Waals surface area contributed by atoms with Crippen LogP contribution in [0, 0.1) is 22.7 Å². The molecule has 10 nitrogen and oxygen atoms in total. The van der Waals surface area contributed by atoms with Crippen molar-refractivity contribution in [3.63, 3.8) is 0 Å². The molecular formula is C30H42O10. The van der Waals surface area contributed by atoms with Gasteiger partial charge in [0.2, 0.25) is 0 Å². The molecule has 1 saturated heterocycles. The standard InChI is InChI=1S/C30H42O10/c1-28-9-7-17(39-27-26(36)25(35)24(34)21(13-31)40-27)11-16(28)4-5-19-20(28)12-22(32)29(2)18(8-10-30(19,29)37)15-3-6-23(33)38-14-15/h3,6,11,14,17-22,24-27,31-32,34-37H,4-5,7-10,12-13H2,1-2H3. The van der Waals surface area contributed by atoms with Crippen molar-refractivity contribution in [1.29, 1.82) is 0 Å². The molecule has 0 amide bonds. The summed E-state index contributed by atoms with van der Waals surface area (Å²) in [6.07, 6.45) is 0.582. The normalized spacial score (nSPS) is 50.5. The van der Waals surface area contributed by atoms with Crippen molar-refractivity contribution in [2.75, 3.05) is 6.61 Å². The summed E-state index contributed by atoms with van der Waals surface area (Å²) in [6, 6.07) is 3.16. The summed E-state index contributed by atoms with van der Waals surface area (Å²) in [6.45, 7) is 3.70. The Morgan fingerprint density at radius 3 is 2.48 bits per heavy atom. The van der Waals surface area contributed by atoms with Gasteiger partial charge in [0.25, 0.3) is 0 Å². The highest BCUT2D eigenvalue weighted by Gasteiger charge is 2.70. The molecule has 1 aromatic heterocycles. The molecule has 5 aliphatic rings. The minimum atomic E-state index is -1.49. The van der Waals surface area contributed by atoms with Gasteiger partial charge in [0, 0.05) is 11.5 Å². The van der Waals surface area contributed by atoms with Gasteiger partial charge in [-0.3, -0.25) is 0 Å². The number of rotatable bonds is 4. The minimum Gasteiger partial charge on any atom is -0.431 e. The van der Waals surface area contributed by atoms with Gasteiger partial charge in [-0.25, -0.2) is 4.79 Å². The van der Waals surface area contributed by atoms with Crippen molar-refractivity contribution in [2.45, 2.75) is 113 Å². The first-order valence-corrected chi connectivity index (χ1v) is 14.6. The minimum absolute atomic E-state index is 0.00619. The fourth-order valence-corrected chi connectivity index (χ4v) is 9.21. The van der Waals surface area contributed by atoms with Crippen molar-refractivity contribution in [2.24, 2.45) is 22.7 Å². The first-order valence-electron chi connectivity index (χ1n) is 14.6. The largest absolute Gasteiger partial charge is 0.431 e. The molecule has 13 atom stereocenters. The van der Waals surface area contributed by atoms with E-state index in [2.05, 4.69) is 13.0 Å². The smallest absolute Gasteiger partial charge is 0.335 e. The number of hydrogen-bond acceptors (Lipinski definition) is 10. The predicted molar refractivity (Wildman–Crippen MR) is 141 cm³/mol. The van der Waals surface area contributed by atoms with Crippen LogP contribution in [-0.4, -0.2) is 85.8 Å². The van der Waals surface area contributed by atoms with E-state index in [1.54, 1.807) is 6.07 Å². The van der Waals surface area contributed by atoms with E-state index >= 15 is 0 Å². The Labute approximate surface area is 233 Å². The zero-order valence-corrected chi connectivity index (χ0v) is 23.1. The van der Waals surface area contributed by atoms with E-state index in [0.29, 0.717) is 25.7 Å². The molecule has 0 aromatic carbocycles. The maximum absolute atomic E-state index is 12.4. The third-order valence-electron chi connectivity index (χ3n) is 11.6. The summed E-state index contributed by atoms with van der Waals surface area (Å²) in [7, 11) is 0. The molecule has 2 heterocycles. The average Bonchev–Trinajstić information content (AvgIpc) is 3.22. The molecule has 10 heteroatoms. The summed E-state index contributed by atoms with van der Waals surface area (Å²) in [5.41, 5.74) is -0.452. The molecule has 4 aliphatic carbocycles. The molecule has 13 unspecified atom stereocenters. The molecule has 6 N–H and O–H groups in total. The zero-order valence-electron chi connectivity index (χ0n) is 23.1. The van der Waals surface area contributed by atoms with E-state index in [1.165, 1.54) is 17.9 Å². The average molecular weight is 563 g/mol. The van der Waals surface area contributed by atoms with Crippen LogP contribution in [0.2, 0.25) is 0 Å². The topological polar surface area (TPSA) is 170 Å². The molecule has 0 spiro atoms. The first-order chi connectivity index (χ1) is 18.9. The van der Waals surface area contributed by atoms with Crippen LogP contribution in [-0.2, 0) is 9.47 Å². The van der Waals surface area contributed by atoms with Crippen molar-refractivity contribution >= 4 is 0 Å². The maximum Gasteiger partial charge on any atom is 0.335 e. The van der Waals surface area contributed by atoms with Gasteiger partial charge in [-0.2, -0.15) is 0 Å². The fraction of sp³-hybridized carbons (Fsp3) is 0.767. The van der Waals surface area contributed by atoms with Crippen LogP contribution in [0.25, 0.3) is 0 Å². The lowest BCUT2D eigenvalue weighted by Gasteiger charge is -2.63. The Balaban J connectivity index is 1.23. The second kappa shape index (κ2) is 9.98. The summed E-state index contributed by atoms with van der Waals surface area (Å²) in [5, 5.41) is 64.3. The van der Waals surface area contributed by atoms with Gasteiger partial charge in [0.15, 0.2) is 6.29 Å². The van der Waals surface area contributed by atoms with E-state index in [1.807, 2.05) is 6.92 Å². The van der Waals surface area contributed by atoms with Gasteiger partial charge in [0.1, 0.15) is 24.4 Å². The molecule has 0 bridgehead atoms. The van der Waals surface area contributed by atoms with Crippen LogP contribution < -0.4 is 5.63 Å². The highest BCUT2D eigenvalue weighted by molar-refractivity contribution is 5.32. The molecular weight excluding hydrogens is 520 g/mol. The lowest BCUT2D eigenvalue weighted by atomic mass is 9.44. The van der Waals surface area contributed by atoms with Gasteiger partial charge in [0.05, 0.1) is 30.7 Å². The Bertz CT molecular complexity index is 1180. The number of hydrogen-bond donors (Lipinski definition) is 6. The van der Waals surface area contributed by atoms with Gasteiger partial charge in [-0.1, -0.05) is 25.5 Å². The van der Waals surface area contributed by atoms with Gasteiger partial charge in [-0.05, 0) is 79.7 Å². The van der Waals surface area contributed by atoms with E-state index in [9.17, 15) is 35.4 Å². The van der Waals surface area contributed by atoms with Gasteiger partial charge >= 0.3 is 5.63 Å². The molecule has 40 heavy (non-hydrogen) atoms. The van der Waals surface area contributed by atoms with Crippen LogP contribution in [0.15, 0.2) is 39.3 Å². The molecule has 1 aliphatic heterocycles. The fourth-order valence-electron chi connectivity index (χ4n) is 9.21. The summed E-state index contributed by atoms with van der Waals surface area (Å²) in [5.74, 6) is -0.0434. The van der Waals surface area contributed by atoms with E-state index in [4.69, 9.17) is 13.9 Å². The van der Waals surface area contributed by atoms with E-state index in [0.717, 1.165) is 24.8 Å². The molecule has 4 fully saturated rings. The summed E-state index contributed by atoms with van der Waals surface area (Å²) in [4.78, 5) is 11.6. The lowest BCUT2D eigenvalue weighted by Crippen LogP contribution is -2.65. The summed E-state index contributed by atoms with van der Waals surface area (Å²) < 4.78 is 16.8. The second-order valence-corrected chi connectivity index (χ2v) is 13.2. The second-order valence-electron chi connectivity index (χ2n) is 13.2. The van der Waals surface area contributed by atoms with Crippen LogP contribution >= 0.6 is 0 Å². The van der Waals surface area contributed by atoms with Gasteiger partial charge in [-0.15, -0.1) is 0 Å². The highest BCUT2D eigenvalue weighted by Crippen LogP contribution is 2.70. The number of aliphatic hydroxyl groups excluding tert-OH is 5. The molecule has 0 radical (unpaired) electrons. The molecule has 3 saturated carbocycles. The van der Waals surface area contributed by atoms with Crippen LogP contribution in [0.1, 0.15) is 70.3 Å². The Kier molecular flexibility index (Phi) is 7.11. The Morgan fingerprint density at radius 1 is 1.00 bits per heavy atom. The van der Waals surface area contributed by atoms with Crippen LogP contribution in [0.4, 0.5) is 0 Å². The van der Waals surface area contributed by atoms with Crippen molar-refractivity contribution in [3.05, 3.63) is 46.0 Å². The number of fused-ring (bicyclic) bond motifs is 5. The number of allylic oxidation sites excluding steroid dienone is 1. The lowest BCUT2D eigenvalue weighted by molar-refractivity contribution is -0.308.